The summed E-state index contributed by atoms with van der Waals surface area (Å²) in [7, 11) is 1.64. The second kappa shape index (κ2) is 44.0. The topological polar surface area (TPSA) is 274 Å². The molecule has 0 atom stereocenters. The van der Waals surface area contributed by atoms with Crippen molar-refractivity contribution < 1.29 is 9.13 Å². The van der Waals surface area contributed by atoms with E-state index in [-0.39, 0.29) is 0 Å². The molecule has 7 aromatic carbocycles. The van der Waals surface area contributed by atoms with Crippen molar-refractivity contribution in [1.82, 2.24) is 69.8 Å². The molecular weight excluding hydrogens is 1870 g/mol. The highest BCUT2D eigenvalue weighted by Gasteiger charge is 2.29. The second-order valence-corrected chi connectivity index (χ2v) is 35.9. The van der Waals surface area contributed by atoms with Gasteiger partial charge in [0.15, 0.2) is 34.9 Å². The van der Waals surface area contributed by atoms with Gasteiger partial charge in [0.2, 0.25) is 5.95 Å². The van der Waals surface area contributed by atoms with Crippen LogP contribution in [-0.4, -0.2) is 119 Å². The summed E-state index contributed by atoms with van der Waals surface area (Å²) < 4.78 is 19.0. The Morgan fingerprint density at radius 2 is 0.578 bits per heavy atom. The van der Waals surface area contributed by atoms with Gasteiger partial charge in [0.25, 0.3) is 0 Å². The number of halogens is 13. The molecule has 7 aliphatic rings. The maximum absolute atomic E-state index is 13.8. The average molecular weight is 1950 g/mol. The van der Waals surface area contributed by atoms with Crippen LogP contribution in [0, 0.1) is 12.7 Å². The van der Waals surface area contributed by atoms with Gasteiger partial charge in [-0.25, -0.2) is 74.2 Å². The van der Waals surface area contributed by atoms with Crippen molar-refractivity contribution in [3.05, 3.63) is 279 Å². The van der Waals surface area contributed by atoms with Gasteiger partial charge in [0.05, 0.1) is 76.8 Å². The molecular formula is C93H82Cl12FN21O. The van der Waals surface area contributed by atoms with E-state index in [0.29, 0.717) is 172 Å². The summed E-state index contributed by atoms with van der Waals surface area (Å²) in [6, 6.07) is 53.8. The van der Waals surface area contributed by atoms with E-state index in [1.807, 2.05) is 121 Å². The molecule has 7 saturated carbocycles. The summed E-state index contributed by atoms with van der Waals surface area (Å²) in [5.41, 5.74) is 7.89. The Labute approximate surface area is 799 Å². The first-order chi connectivity index (χ1) is 62.0. The molecule has 7 aromatic heterocycles. The van der Waals surface area contributed by atoms with E-state index in [4.69, 9.17) is 144 Å². The van der Waals surface area contributed by atoms with Gasteiger partial charge < -0.3 is 42.0 Å². The van der Waals surface area contributed by atoms with Crippen LogP contribution in [0.3, 0.4) is 0 Å². The Balaban J connectivity index is 0.000000115. The molecule has 0 unspecified atom stereocenters. The summed E-state index contributed by atoms with van der Waals surface area (Å²) >= 11 is 71.9. The number of rotatable bonds is 22. The Bertz CT molecular complexity index is 6040. The lowest BCUT2D eigenvalue weighted by atomic mass is 10.1. The third-order valence-corrected chi connectivity index (χ3v) is 23.3. The molecule has 7 heterocycles. The number of aromatic nitrogens is 14. The maximum atomic E-state index is 13.8. The number of aryl methyl sites for hydroxylation is 1. The van der Waals surface area contributed by atoms with Gasteiger partial charge in [-0.2, -0.15) is 0 Å². The summed E-state index contributed by atoms with van der Waals surface area (Å²) in [6.07, 6.45) is 27.7. The number of ether oxygens (including phenoxy) is 1. The lowest BCUT2D eigenvalue weighted by Gasteiger charge is -2.08. The van der Waals surface area contributed by atoms with Gasteiger partial charge in [0.1, 0.15) is 76.6 Å². The van der Waals surface area contributed by atoms with E-state index in [9.17, 15) is 4.39 Å². The van der Waals surface area contributed by atoms with Crippen LogP contribution in [0.15, 0.2) is 207 Å². The zero-order chi connectivity index (χ0) is 89.3. The first-order valence-electron chi connectivity index (χ1n) is 41.3. The fraction of sp³-hybridized carbons (Fsp3) is 0.247. The van der Waals surface area contributed by atoms with Gasteiger partial charge >= 0.3 is 0 Å². The molecule has 21 rings (SSSR count). The van der Waals surface area contributed by atoms with Crippen LogP contribution in [0.1, 0.15) is 95.5 Å². The third kappa shape index (κ3) is 28.0. The molecule has 7 aliphatic carbocycles. The van der Waals surface area contributed by atoms with Gasteiger partial charge in [-0.1, -0.05) is 212 Å². The van der Waals surface area contributed by atoms with Crippen molar-refractivity contribution in [3.63, 3.8) is 0 Å². The molecule has 0 saturated heterocycles. The summed E-state index contributed by atoms with van der Waals surface area (Å²) in [4.78, 5) is 60.6. The predicted octanol–water partition coefficient (Wildman–Crippen LogP) is 27.3. The van der Waals surface area contributed by atoms with Crippen molar-refractivity contribution in [1.29, 1.82) is 0 Å². The number of methoxy groups -OCH3 is 1. The largest absolute Gasteiger partial charge is 0.497 e. The smallest absolute Gasteiger partial charge is 0.223 e. The molecule has 0 radical (unpaired) electrons. The first-order valence-corrected chi connectivity index (χ1v) is 45.8. The maximum Gasteiger partial charge on any atom is 0.223 e. The van der Waals surface area contributed by atoms with E-state index >= 15 is 0 Å². The lowest BCUT2D eigenvalue weighted by Crippen LogP contribution is -2.05. The van der Waals surface area contributed by atoms with Crippen LogP contribution in [0.5, 0.6) is 5.75 Å². The van der Waals surface area contributed by atoms with E-state index < -0.39 is 5.82 Å². The monoisotopic (exact) mass is 1950 g/mol. The van der Waals surface area contributed by atoms with Crippen LogP contribution in [0.2, 0.25) is 60.3 Å². The highest BCUT2D eigenvalue weighted by atomic mass is 35.5. The Kier molecular flexibility index (Phi) is 31.8. The zero-order valence-corrected chi connectivity index (χ0v) is 77.7. The number of hydrogen-bond acceptors (Lipinski definition) is 22. The molecule has 128 heavy (non-hydrogen) atoms. The fourth-order valence-corrected chi connectivity index (χ4v) is 13.5. The van der Waals surface area contributed by atoms with Crippen LogP contribution in [-0.2, 0) is 0 Å². The lowest BCUT2D eigenvalue weighted by molar-refractivity contribution is 0.415. The molecule has 0 spiro atoms. The summed E-state index contributed by atoms with van der Waals surface area (Å²) in [5, 5.41) is 29.5. The van der Waals surface area contributed by atoms with Crippen molar-refractivity contribution in [2.45, 2.75) is 139 Å². The summed E-state index contributed by atoms with van der Waals surface area (Å²) in [5.74, 6) is 8.71. The van der Waals surface area contributed by atoms with Gasteiger partial charge in [0, 0.05) is 90.7 Å². The average Bonchev–Trinajstić information content (AvgIpc) is 1.32. The minimum Gasteiger partial charge on any atom is -0.497 e. The quantitative estimate of drug-likeness (QED) is 0.0332. The molecule has 7 N–H and O–H groups in total. The number of hydrogen-bond donors (Lipinski definition) is 7. The number of nitrogens with one attached hydrogen (secondary N) is 7. The minimum atomic E-state index is -0.452. The summed E-state index contributed by atoms with van der Waals surface area (Å²) in [6.45, 7) is 2.06. The van der Waals surface area contributed by atoms with Crippen LogP contribution >= 0.6 is 139 Å². The van der Waals surface area contributed by atoms with Crippen LogP contribution in [0.4, 0.5) is 45.2 Å². The predicted molar refractivity (Wildman–Crippen MR) is 520 cm³/mol. The molecule has 0 bridgehead atoms. The molecule has 0 amide bonds. The first kappa shape index (κ1) is 92.6. The zero-order valence-electron chi connectivity index (χ0n) is 68.7. The molecule has 7 fully saturated rings. The Hall–Kier alpha value is -10.1. The standard InChI is InChI=1S/C14H14ClN3O.C14H14ClN3.C13H10Cl3N3.C13H10Cl2FN3.2C13H11Cl2N3.C13H12ClN3/c1-19-11-6-2-9(3-7-11)13-16-8-12(15)14(18-13)17-10-4-5-10;1-9-2-4-10(5-3-9)13-16-8-12(15)14(18-13)17-11-6-7-11;14-9-4-1-7(5-10(9)15)12-17-6-11(16)13(19-12)18-8-2-3-8;14-7-1-4-9(11(16)5-7)12-17-6-10(15)13(19-12)18-8-2-3-8;14-9-3-1-8(2-4-9)12-16-7-11(15)13(18-12)17-10-5-6-10;14-9-3-1-8(2-4-9)12-11(15)7-16-13(18-12)17-10-5-6-10;14-11-8-15-12(9-4-2-1-3-5-9)17-13(11)16-10-6-7-10/h2-3,6-8,10H,4-5H2,1H3,(H,16,17,18);2-5,8,11H,6-7H2,1H3,(H,16,17,18);2*1,4-6,8H,2-3H2,(H,17,18,19);2*1-4,7,10H,5-6H2,(H,16,17,18);1-5,8,10H,6-7H2,(H,15,16,17). The van der Waals surface area contributed by atoms with Gasteiger partial charge in [-0.05, 0) is 194 Å². The second-order valence-electron chi connectivity index (χ2n) is 30.9. The molecule has 22 nitrogen and oxygen atoms in total. The Morgan fingerprint density at radius 3 is 0.938 bits per heavy atom. The number of anilines is 7. The fourth-order valence-electron chi connectivity index (χ4n) is 11.8. The van der Waals surface area contributed by atoms with E-state index in [1.54, 1.807) is 68.6 Å². The molecule has 0 aliphatic heterocycles. The van der Waals surface area contributed by atoms with Gasteiger partial charge in [-0.3, -0.25) is 0 Å². The van der Waals surface area contributed by atoms with Crippen molar-refractivity contribution >= 4 is 180 Å². The van der Waals surface area contributed by atoms with Crippen molar-refractivity contribution in [2.24, 2.45) is 0 Å². The normalized spacial score (nSPS) is 14.5. The minimum absolute atomic E-state index is 0.293. The SMILES string of the molecule is COc1ccc(-c2ncc(Cl)c(NC3CC3)n2)cc1.Cc1ccc(-c2ncc(Cl)c(NC3CC3)n2)cc1.Clc1ccc(-c2nc(NC3CC3)ncc2Cl)cc1.Clc1ccc(-c2ncc(Cl)c(NC3CC3)n2)cc1.Clc1ccc(-c2ncc(Cl)c(NC3CC3)n2)cc1Cl.Clc1cnc(-c2ccccc2)nc1NC1CC1.Fc1cc(Cl)ccc1-c1ncc(Cl)c(NC2CC2)n1. The van der Waals surface area contributed by atoms with Crippen molar-refractivity contribution in [2.75, 3.05) is 44.3 Å². The number of benzene rings is 7. The van der Waals surface area contributed by atoms with Crippen molar-refractivity contribution in [3.8, 4) is 85.3 Å². The molecule has 656 valence electrons. The van der Waals surface area contributed by atoms with E-state index in [2.05, 4.69) is 126 Å². The third-order valence-electron chi connectivity index (χ3n) is 19.9. The highest BCUT2D eigenvalue weighted by Crippen LogP contribution is 2.39. The van der Waals surface area contributed by atoms with Crippen LogP contribution in [0.25, 0.3) is 79.6 Å². The Morgan fingerprint density at radius 1 is 0.273 bits per heavy atom. The number of nitrogens with zero attached hydrogens (tertiary/aromatic N) is 14. The highest BCUT2D eigenvalue weighted by molar-refractivity contribution is 6.42. The molecule has 35 heteroatoms. The molecule has 14 aromatic rings. The van der Waals surface area contributed by atoms with E-state index in [1.165, 1.54) is 82.0 Å². The van der Waals surface area contributed by atoms with E-state index in [0.717, 1.165) is 82.1 Å². The van der Waals surface area contributed by atoms with Gasteiger partial charge in [-0.15, -0.1) is 0 Å². The van der Waals surface area contributed by atoms with Crippen LogP contribution < -0.4 is 42.0 Å².